The summed E-state index contributed by atoms with van der Waals surface area (Å²) >= 11 is 0. The number of benzene rings is 2. The first-order valence-corrected chi connectivity index (χ1v) is 9.41. The zero-order valence-electron chi connectivity index (χ0n) is 15.5. The van der Waals surface area contributed by atoms with Crippen molar-refractivity contribution in [3.63, 3.8) is 0 Å². The van der Waals surface area contributed by atoms with Crippen molar-refractivity contribution in [2.24, 2.45) is 0 Å². The summed E-state index contributed by atoms with van der Waals surface area (Å²) in [4.78, 5) is 14.8. The van der Waals surface area contributed by atoms with Crippen LogP contribution in [0.5, 0.6) is 0 Å². The molecule has 1 aliphatic heterocycles. The first kappa shape index (κ1) is 18.6. The molecule has 0 aliphatic carbocycles. The van der Waals surface area contributed by atoms with E-state index in [1.165, 1.54) is 16.7 Å². The molecule has 0 aromatic heterocycles. The first-order valence-electron chi connectivity index (χ1n) is 9.41. The van der Waals surface area contributed by atoms with E-state index in [1.54, 1.807) is 0 Å². The summed E-state index contributed by atoms with van der Waals surface area (Å²) in [6, 6.07) is 19.0. The van der Waals surface area contributed by atoms with Gasteiger partial charge in [0.15, 0.2) is 0 Å². The second kappa shape index (κ2) is 9.51. The maximum atomic E-state index is 12.4. The lowest BCUT2D eigenvalue weighted by Crippen LogP contribution is -2.43. The Bertz CT molecular complexity index is 696. The molecule has 138 valence electrons. The van der Waals surface area contributed by atoms with Crippen molar-refractivity contribution in [3.8, 4) is 0 Å². The summed E-state index contributed by atoms with van der Waals surface area (Å²) in [5, 5.41) is 3.14. The van der Waals surface area contributed by atoms with Gasteiger partial charge in [-0.15, -0.1) is 0 Å². The number of hydrogen-bond donors (Lipinski definition) is 1. The molecule has 1 amide bonds. The van der Waals surface area contributed by atoms with Crippen molar-refractivity contribution >= 4 is 5.91 Å². The van der Waals surface area contributed by atoms with Crippen molar-refractivity contribution in [3.05, 3.63) is 71.3 Å². The average molecular weight is 352 g/mol. The van der Waals surface area contributed by atoms with Crippen LogP contribution in [0.4, 0.5) is 0 Å². The molecule has 4 heteroatoms. The Hall–Kier alpha value is -2.17. The van der Waals surface area contributed by atoms with E-state index < -0.39 is 0 Å². The van der Waals surface area contributed by atoms with Gasteiger partial charge in [0.1, 0.15) is 0 Å². The summed E-state index contributed by atoms with van der Waals surface area (Å²) in [5.41, 5.74) is 3.70. The number of carbonyl (C=O) groups is 1. The Morgan fingerprint density at radius 1 is 1.12 bits per heavy atom. The maximum Gasteiger partial charge on any atom is 0.220 e. The third-order valence-corrected chi connectivity index (χ3v) is 4.89. The number of aryl methyl sites for hydroxylation is 2. The number of amides is 1. The molecule has 1 fully saturated rings. The van der Waals surface area contributed by atoms with Crippen LogP contribution in [-0.4, -0.2) is 43.7 Å². The Labute approximate surface area is 156 Å². The van der Waals surface area contributed by atoms with E-state index in [-0.39, 0.29) is 11.9 Å². The van der Waals surface area contributed by atoms with Crippen molar-refractivity contribution in [1.29, 1.82) is 0 Å². The minimum absolute atomic E-state index is 0.112. The van der Waals surface area contributed by atoms with Crippen LogP contribution in [0.2, 0.25) is 0 Å². The summed E-state index contributed by atoms with van der Waals surface area (Å²) in [6.07, 6.45) is 1.30. The SMILES string of the molecule is Cc1cccc(CCC(=O)NCC(c2ccccc2)N2CCOCC2)c1. The molecular formula is C22H28N2O2. The van der Waals surface area contributed by atoms with E-state index >= 15 is 0 Å². The molecule has 3 rings (SSSR count). The van der Waals surface area contributed by atoms with Crippen LogP contribution in [0.15, 0.2) is 54.6 Å². The van der Waals surface area contributed by atoms with Crippen LogP contribution in [0.25, 0.3) is 0 Å². The third-order valence-electron chi connectivity index (χ3n) is 4.89. The van der Waals surface area contributed by atoms with Crippen molar-refractivity contribution in [2.75, 3.05) is 32.8 Å². The van der Waals surface area contributed by atoms with E-state index in [2.05, 4.69) is 59.6 Å². The largest absolute Gasteiger partial charge is 0.379 e. The highest BCUT2D eigenvalue weighted by molar-refractivity contribution is 5.76. The predicted molar refractivity (Wildman–Crippen MR) is 104 cm³/mol. The number of ether oxygens (including phenoxy) is 1. The molecule has 4 nitrogen and oxygen atoms in total. The van der Waals surface area contributed by atoms with Crippen LogP contribution >= 0.6 is 0 Å². The molecule has 1 aliphatic rings. The van der Waals surface area contributed by atoms with Gasteiger partial charge < -0.3 is 10.1 Å². The van der Waals surface area contributed by atoms with E-state index in [1.807, 2.05) is 12.1 Å². The number of hydrogen-bond acceptors (Lipinski definition) is 3. The van der Waals surface area contributed by atoms with Crippen LogP contribution < -0.4 is 5.32 Å². The molecule has 0 radical (unpaired) electrons. The van der Waals surface area contributed by atoms with Gasteiger partial charge in [0.05, 0.1) is 19.3 Å². The second-order valence-electron chi connectivity index (χ2n) is 6.87. The summed E-state index contributed by atoms with van der Waals surface area (Å²) in [6.45, 7) is 6.03. The highest BCUT2D eigenvalue weighted by Crippen LogP contribution is 2.21. The maximum absolute atomic E-state index is 12.4. The Balaban J connectivity index is 1.55. The van der Waals surface area contributed by atoms with Gasteiger partial charge >= 0.3 is 0 Å². The molecule has 0 spiro atoms. The summed E-state index contributed by atoms with van der Waals surface area (Å²) < 4.78 is 5.48. The molecule has 1 saturated heterocycles. The Morgan fingerprint density at radius 3 is 2.62 bits per heavy atom. The molecule has 1 N–H and O–H groups in total. The van der Waals surface area contributed by atoms with Gasteiger partial charge in [0.25, 0.3) is 0 Å². The highest BCUT2D eigenvalue weighted by atomic mass is 16.5. The van der Waals surface area contributed by atoms with Gasteiger partial charge in [-0.05, 0) is 24.5 Å². The minimum Gasteiger partial charge on any atom is -0.379 e. The lowest BCUT2D eigenvalue weighted by Gasteiger charge is -2.35. The lowest BCUT2D eigenvalue weighted by molar-refractivity contribution is -0.121. The minimum atomic E-state index is 0.112. The van der Waals surface area contributed by atoms with Gasteiger partial charge in [0, 0.05) is 26.1 Å². The molecule has 0 bridgehead atoms. The zero-order chi connectivity index (χ0) is 18.2. The Kier molecular flexibility index (Phi) is 6.81. The van der Waals surface area contributed by atoms with Crippen LogP contribution in [0, 0.1) is 6.92 Å². The molecule has 0 saturated carbocycles. The van der Waals surface area contributed by atoms with Crippen molar-refractivity contribution < 1.29 is 9.53 Å². The van der Waals surface area contributed by atoms with Crippen molar-refractivity contribution in [1.82, 2.24) is 10.2 Å². The number of nitrogens with zero attached hydrogens (tertiary/aromatic N) is 1. The normalized spacial score (nSPS) is 16.2. The van der Waals surface area contributed by atoms with Gasteiger partial charge in [-0.2, -0.15) is 0 Å². The quantitative estimate of drug-likeness (QED) is 0.832. The first-order chi connectivity index (χ1) is 12.7. The lowest BCUT2D eigenvalue weighted by atomic mass is 10.0. The van der Waals surface area contributed by atoms with Gasteiger partial charge in [0.2, 0.25) is 5.91 Å². The standard InChI is InChI=1S/C22H28N2O2/c1-18-6-5-7-19(16-18)10-11-22(25)23-17-21(20-8-3-2-4-9-20)24-12-14-26-15-13-24/h2-9,16,21H,10-15,17H2,1H3,(H,23,25). The topological polar surface area (TPSA) is 41.6 Å². The van der Waals surface area contributed by atoms with E-state index in [0.29, 0.717) is 13.0 Å². The molecule has 1 unspecified atom stereocenters. The van der Waals surface area contributed by atoms with E-state index in [0.717, 1.165) is 32.7 Å². The second-order valence-corrected chi connectivity index (χ2v) is 6.87. The number of carbonyl (C=O) groups excluding carboxylic acids is 1. The number of nitrogens with one attached hydrogen (secondary N) is 1. The fraction of sp³-hybridized carbons (Fsp3) is 0.409. The fourth-order valence-corrected chi connectivity index (χ4v) is 3.45. The zero-order valence-corrected chi connectivity index (χ0v) is 15.5. The Morgan fingerprint density at radius 2 is 1.88 bits per heavy atom. The van der Waals surface area contributed by atoms with Gasteiger partial charge in [-0.3, -0.25) is 9.69 Å². The van der Waals surface area contributed by atoms with Crippen LogP contribution in [-0.2, 0) is 16.0 Å². The molecule has 2 aromatic carbocycles. The van der Waals surface area contributed by atoms with Crippen LogP contribution in [0.1, 0.15) is 29.2 Å². The monoisotopic (exact) mass is 352 g/mol. The molecule has 26 heavy (non-hydrogen) atoms. The van der Waals surface area contributed by atoms with Crippen molar-refractivity contribution in [2.45, 2.75) is 25.8 Å². The smallest absolute Gasteiger partial charge is 0.220 e. The van der Waals surface area contributed by atoms with E-state index in [9.17, 15) is 4.79 Å². The van der Waals surface area contributed by atoms with Gasteiger partial charge in [-0.1, -0.05) is 60.2 Å². The highest BCUT2D eigenvalue weighted by Gasteiger charge is 2.22. The van der Waals surface area contributed by atoms with Crippen LogP contribution in [0.3, 0.4) is 0 Å². The molecule has 2 aromatic rings. The molecule has 1 heterocycles. The molecular weight excluding hydrogens is 324 g/mol. The van der Waals surface area contributed by atoms with Gasteiger partial charge in [-0.25, -0.2) is 0 Å². The fourth-order valence-electron chi connectivity index (χ4n) is 3.45. The molecule has 1 atom stereocenters. The summed E-state index contributed by atoms with van der Waals surface area (Å²) in [7, 11) is 0. The van der Waals surface area contributed by atoms with E-state index in [4.69, 9.17) is 4.74 Å². The number of morpholine rings is 1. The average Bonchev–Trinajstić information content (AvgIpc) is 2.68. The summed E-state index contributed by atoms with van der Waals surface area (Å²) in [5.74, 6) is 0.112. The third kappa shape index (κ3) is 5.41. The predicted octanol–water partition coefficient (Wildman–Crippen LogP) is 3.12. The number of rotatable bonds is 7.